The topological polar surface area (TPSA) is 82.6 Å². The van der Waals surface area contributed by atoms with E-state index in [-0.39, 0.29) is 6.10 Å². The number of para-hydroxylation sites is 1. The van der Waals surface area contributed by atoms with Crippen molar-refractivity contribution in [2.24, 2.45) is 0 Å². The molecule has 0 unspecified atom stereocenters. The van der Waals surface area contributed by atoms with Gasteiger partial charge < -0.3 is 25.2 Å². The lowest BCUT2D eigenvalue weighted by molar-refractivity contribution is 0.115. The van der Waals surface area contributed by atoms with Gasteiger partial charge in [-0.05, 0) is 48.5 Å². The fourth-order valence-electron chi connectivity index (χ4n) is 4.39. The molecule has 8 nitrogen and oxygen atoms in total. The van der Waals surface area contributed by atoms with Crippen molar-refractivity contribution in [2.75, 3.05) is 42.7 Å². The Labute approximate surface area is 229 Å². The molecule has 3 aromatic carbocycles. The van der Waals surface area contributed by atoms with Crippen LogP contribution in [0.15, 0.2) is 60.9 Å². The van der Waals surface area contributed by atoms with Crippen LogP contribution in [0.25, 0.3) is 10.9 Å². The van der Waals surface area contributed by atoms with Gasteiger partial charge in [0.1, 0.15) is 41.3 Å². The first-order valence-corrected chi connectivity index (χ1v) is 12.8. The van der Waals surface area contributed by atoms with Gasteiger partial charge in [-0.3, -0.25) is 0 Å². The molecule has 5 rings (SSSR count). The Bertz CT molecular complexity index is 1490. The Morgan fingerprint density at radius 3 is 2.49 bits per heavy atom. The minimum absolute atomic E-state index is 0.161. The summed E-state index contributed by atoms with van der Waals surface area (Å²) in [5.41, 5.74) is 2.15. The van der Waals surface area contributed by atoms with E-state index in [4.69, 9.17) is 16.3 Å². The van der Waals surface area contributed by atoms with Crippen molar-refractivity contribution in [1.29, 1.82) is 0 Å². The number of halogens is 3. The van der Waals surface area contributed by atoms with Crippen LogP contribution in [0.4, 0.5) is 36.5 Å². The number of nitrogens with one attached hydrogen (secondary N) is 2. The third-order valence-corrected chi connectivity index (χ3v) is 6.84. The van der Waals surface area contributed by atoms with Gasteiger partial charge in [0.05, 0.1) is 10.5 Å². The lowest BCUT2D eigenvalue weighted by atomic mass is 10.1. The first-order chi connectivity index (χ1) is 18.8. The third kappa shape index (κ3) is 5.96. The first kappa shape index (κ1) is 26.4. The van der Waals surface area contributed by atoms with E-state index in [2.05, 4.69) is 20.6 Å². The molecule has 2 heterocycles. The van der Waals surface area contributed by atoms with Crippen molar-refractivity contribution in [3.63, 3.8) is 0 Å². The Morgan fingerprint density at radius 2 is 1.79 bits per heavy atom. The summed E-state index contributed by atoms with van der Waals surface area (Å²) in [6, 6.07) is 14.3. The molecule has 2 amide bonds. The number of ether oxygens (including phenoxy) is 1. The van der Waals surface area contributed by atoms with Gasteiger partial charge in [-0.2, -0.15) is 0 Å². The molecule has 1 aromatic heterocycles. The van der Waals surface area contributed by atoms with Crippen molar-refractivity contribution in [3.8, 4) is 5.75 Å². The molecule has 0 radical (unpaired) electrons. The van der Waals surface area contributed by atoms with Crippen LogP contribution in [0.3, 0.4) is 0 Å². The van der Waals surface area contributed by atoms with Gasteiger partial charge in [0.2, 0.25) is 0 Å². The molecule has 1 aliphatic heterocycles. The average molecular weight is 553 g/mol. The Balaban J connectivity index is 1.20. The Hall–Kier alpha value is -4.18. The van der Waals surface area contributed by atoms with E-state index in [0.29, 0.717) is 42.5 Å². The number of hydrogen-bond acceptors (Lipinski definition) is 6. The van der Waals surface area contributed by atoms with Gasteiger partial charge >= 0.3 is 6.03 Å². The van der Waals surface area contributed by atoms with E-state index in [1.807, 2.05) is 43.3 Å². The molecule has 202 valence electrons. The quantitative estimate of drug-likeness (QED) is 0.286. The minimum atomic E-state index is -0.819. The molecule has 11 heteroatoms. The number of anilines is 4. The Kier molecular flexibility index (Phi) is 7.65. The monoisotopic (exact) mass is 552 g/mol. The number of amides is 2. The average Bonchev–Trinajstić information content (AvgIpc) is 2.92. The molecule has 1 aliphatic rings. The second-order valence-electron chi connectivity index (χ2n) is 9.42. The van der Waals surface area contributed by atoms with E-state index < -0.39 is 23.4 Å². The fourth-order valence-corrected chi connectivity index (χ4v) is 4.62. The van der Waals surface area contributed by atoms with Crippen LogP contribution >= 0.6 is 11.6 Å². The molecule has 0 aliphatic carbocycles. The summed E-state index contributed by atoms with van der Waals surface area (Å²) < 4.78 is 33.9. The normalized spacial score (nSPS) is 13.8. The highest BCUT2D eigenvalue weighted by molar-refractivity contribution is 6.32. The van der Waals surface area contributed by atoms with Crippen molar-refractivity contribution in [3.05, 3.63) is 77.6 Å². The van der Waals surface area contributed by atoms with Crippen LogP contribution in [0, 0.1) is 11.6 Å². The second kappa shape index (κ2) is 11.3. The number of carbonyl (C=O) groups is 1. The second-order valence-corrected chi connectivity index (χ2v) is 9.83. The van der Waals surface area contributed by atoms with Gasteiger partial charge in [-0.25, -0.2) is 23.5 Å². The number of carbonyl (C=O) groups excluding carboxylic acids is 1. The van der Waals surface area contributed by atoms with Crippen LogP contribution in [0.1, 0.15) is 12.8 Å². The number of fused-ring (bicyclic) bond motifs is 1. The highest BCUT2D eigenvalue weighted by Crippen LogP contribution is 2.33. The number of nitrogens with zero attached hydrogens (tertiary/aromatic N) is 4. The smallest absolute Gasteiger partial charge is 0.322 e. The molecule has 1 saturated heterocycles. The largest absolute Gasteiger partial charge is 0.489 e. The molecule has 39 heavy (non-hydrogen) atoms. The Morgan fingerprint density at radius 1 is 1.05 bits per heavy atom. The number of hydrogen-bond donors (Lipinski definition) is 2. The summed E-state index contributed by atoms with van der Waals surface area (Å²) in [7, 11) is 3.95. The molecule has 0 atom stereocenters. The molecule has 0 saturated carbocycles. The summed E-state index contributed by atoms with van der Waals surface area (Å²) in [6.07, 6.45) is 2.44. The lowest BCUT2D eigenvalue weighted by Gasteiger charge is -2.32. The standard InChI is InChI=1S/C28H27ClF2N6O2/c1-36(2)18-7-8-24-20(15-18)27(33-16-32-24)34-17-6-9-25(21(29)14-17)39-19-10-12-37(13-11-19)28(38)35-26-22(30)4-3-5-23(26)31/h3-9,14-16,19H,10-13H2,1-2H3,(H,35,38)(H,32,33,34). The SMILES string of the molecule is CN(C)c1ccc2ncnc(Nc3ccc(OC4CCN(C(=O)Nc5c(F)cccc5F)CC4)c(Cl)c3)c2c1. The van der Waals surface area contributed by atoms with Gasteiger partial charge in [0, 0.05) is 56.8 Å². The number of urea groups is 1. The highest BCUT2D eigenvalue weighted by Gasteiger charge is 2.26. The molecule has 2 N–H and O–H groups in total. The number of aromatic nitrogens is 2. The van der Waals surface area contributed by atoms with E-state index in [1.165, 1.54) is 17.3 Å². The number of rotatable bonds is 6. The number of piperidine rings is 1. The molecular formula is C28H27ClF2N6O2. The predicted octanol–water partition coefficient (Wildman–Crippen LogP) is 6.45. The van der Waals surface area contributed by atoms with Gasteiger partial charge in [0.15, 0.2) is 0 Å². The van der Waals surface area contributed by atoms with Crippen LogP contribution < -0.4 is 20.3 Å². The maximum absolute atomic E-state index is 13.9. The molecule has 0 spiro atoms. The molecule has 1 fully saturated rings. The van der Waals surface area contributed by atoms with Crippen molar-refractivity contribution < 1.29 is 18.3 Å². The van der Waals surface area contributed by atoms with Crippen LogP contribution in [-0.2, 0) is 0 Å². The van der Waals surface area contributed by atoms with E-state index in [1.54, 1.807) is 12.1 Å². The van der Waals surface area contributed by atoms with E-state index >= 15 is 0 Å². The number of benzene rings is 3. The summed E-state index contributed by atoms with van der Waals surface area (Å²) in [4.78, 5) is 24.8. The molecule has 0 bridgehead atoms. The maximum atomic E-state index is 13.9. The van der Waals surface area contributed by atoms with Gasteiger partial charge in [-0.15, -0.1) is 0 Å². The zero-order chi connectivity index (χ0) is 27.5. The number of likely N-dealkylation sites (tertiary alicyclic amines) is 1. The maximum Gasteiger partial charge on any atom is 0.322 e. The molecule has 4 aromatic rings. The lowest BCUT2D eigenvalue weighted by Crippen LogP contribution is -2.44. The van der Waals surface area contributed by atoms with Gasteiger partial charge in [-0.1, -0.05) is 17.7 Å². The van der Waals surface area contributed by atoms with Crippen molar-refractivity contribution in [2.45, 2.75) is 18.9 Å². The van der Waals surface area contributed by atoms with Crippen molar-refractivity contribution in [1.82, 2.24) is 14.9 Å². The molecular weight excluding hydrogens is 526 g/mol. The predicted molar refractivity (Wildman–Crippen MR) is 149 cm³/mol. The zero-order valence-corrected chi connectivity index (χ0v) is 22.2. The third-order valence-electron chi connectivity index (χ3n) is 6.55. The minimum Gasteiger partial charge on any atom is -0.489 e. The summed E-state index contributed by atoms with van der Waals surface area (Å²) in [5, 5.41) is 6.96. The van der Waals surface area contributed by atoms with E-state index in [0.717, 1.165) is 34.4 Å². The summed E-state index contributed by atoms with van der Waals surface area (Å²) in [6.45, 7) is 0.749. The van der Waals surface area contributed by atoms with Crippen molar-refractivity contribution >= 4 is 51.4 Å². The van der Waals surface area contributed by atoms with Crippen LogP contribution in [-0.4, -0.2) is 54.2 Å². The van der Waals surface area contributed by atoms with Gasteiger partial charge in [0.25, 0.3) is 0 Å². The fraction of sp³-hybridized carbons (Fsp3) is 0.250. The van der Waals surface area contributed by atoms with Crippen LogP contribution in [0.5, 0.6) is 5.75 Å². The zero-order valence-electron chi connectivity index (χ0n) is 21.4. The van der Waals surface area contributed by atoms with Crippen LogP contribution in [0.2, 0.25) is 5.02 Å². The summed E-state index contributed by atoms with van der Waals surface area (Å²) >= 11 is 6.55. The first-order valence-electron chi connectivity index (χ1n) is 12.4. The highest BCUT2D eigenvalue weighted by atomic mass is 35.5. The summed E-state index contributed by atoms with van der Waals surface area (Å²) in [5.74, 6) is -0.448. The van der Waals surface area contributed by atoms with E-state index in [9.17, 15) is 13.6 Å².